The lowest BCUT2D eigenvalue weighted by Gasteiger charge is -2.07. The number of carbonyl (C=O) groups excluding carboxylic acids is 1. The van der Waals surface area contributed by atoms with E-state index in [0.717, 1.165) is 28.6 Å². The summed E-state index contributed by atoms with van der Waals surface area (Å²) < 4.78 is 0. The molecule has 1 aromatic carbocycles. The third kappa shape index (κ3) is 2.87. The van der Waals surface area contributed by atoms with Crippen LogP contribution in [0.5, 0.6) is 0 Å². The number of hydrogen-bond acceptors (Lipinski definition) is 2. The topological polar surface area (TPSA) is 44.9 Å². The number of rotatable bonds is 5. The van der Waals surface area contributed by atoms with Gasteiger partial charge in [-0.25, -0.2) is 0 Å². The zero-order valence-electron chi connectivity index (χ0n) is 12.1. The van der Waals surface area contributed by atoms with Gasteiger partial charge in [0.1, 0.15) is 0 Å². The van der Waals surface area contributed by atoms with Gasteiger partial charge in [-0.1, -0.05) is 26.8 Å². The standard InChI is InChI=1S/C16H22N2O/c1-5-12-6-7-14-13(8-12)16(11(4)18-14)15(19)9-17-10(2)3/h6-8,10,17-18H,5,9H2,1-4H3. The van der Waals surface area contributed by atoms with Gasteiger partial charge in [-0.15, -0.1) is 0 Å². The molecule has 0 radical (unpaired) electrons. The van der Waals surface area contributed by atoms with Crippen molar-refractivity contribution >= 4 is 16.7 Å². The van der Waals surface area contributed by atoms with Crippen molar-refractivity contribution in [3.63, 3.8) is 0 Å². The number of aromatic amines is 1. The number of Topliss-reactive ketones (excluding diaryl/α,β-unsaturated/α-hetero) is 1. The van der Waals surface area contributed by atoms with Gasteiger partial charge in [0, 0.05) is 28.2 Å². The Morgan fingerprint density at radius 2 is 2.11 bits per heavy atom. The molecule has 0 aliphatic heterocycles. The molecule has 2 rings (SSSR count). The van der Waals surface area contributed by atoms with Crippen LogP contribution in [0.15, 0.2) is 18.2 Å². The number of fused-ring (bicyclic) bond motifs is 1. The van der Waals surface area contributed by atoms with E-state index in [-0.39, 0.29) is 5.78 Å². The fraction of sp³-hybridized carbons (Fsp3) is 0.438. The van der Waals surface area contributed by atoms with Crippen LogP contribution in [0.4, 0.5) is 0 Å². The molecule has 19 heavy (non-hydrogen) atoms. The molecule has 0 saturated heterocycles. The normalized spacial score (nSPS) is 11.4. The average molecular weight is 258 g/mol. The van der Waals surface area contributed by atoms with Gasteiger partial charge in [-0.3, -0.25) is 4.79 Å². The highest BCUT2D eigenvalue weighted by Crippen LogP contribution is 2.24. The van der Waals surface area contributed by atoms with E-state index < -0.39 is 0 Å². The molecule has 1 heterocycles. The Balaban J connectivity index is 2.40. The molecular weight excluding hydrogens is 236 g/mol. The summed E-state index contributed by atoms with van der Waals surface area (Å²) in [5.41, 5.74) is 4.09. The van der Waals surface area contributed by atoms with Crippen LogP contribution in [0.3, 0.4) is 0 Å². The molecule has 102 valence electrons. The molecule has 2 N–H and O–H groups in total. The number of aromatic nitrogens is 1. The highest BCUT2D eigenvalue weighted by Gasteiger charge is 2.16. The van der Waals surface area contributed by atoms with E-state index in [2.05, 4.69) is 35.4 Å². The van der Waals surface area contributed by atoms with Crippen LogP contribution in [-0.2, 0) is 6.42 Å². The summed E-state index contributed by atoms with van der Waals surface area (Å²) >= 11 is 0. The number of ketones is 1. The molecule has 0 unspecified atom stereocenters. The molecule has 0 aliphatic rings. The summed E-state index contributed by atoms with van der Waals surface area (Å²) in [7, 11) is 0. The molecule has 1 aromatic heterocycles. The average Bonchev–Trinajstić information content (AvgIpc) is 2.70. The van der Waals surface area contributed by atoms with Crippen LogP contribution in [0.25, 0.3) is 10.9 Å². The Morgan fingerprint density at radius 1 is 1.37 bits per heavy atom. The second-order valence-electron chi connectivity index (χ2n) is 5.32. The quantitative estimate of drug-likeness (QED) is 0.809. The lowest BCUT2D eigenvalue weighted by atomic mass is 10.0. The molecule has 0 amide bonds. The van der Waals surface area contributed by atoms with Crippen molar-refractivity contribution in [3.8, 4) is 0 Å². The molecule has 0 aliphatic carbocycles. The number of hydrogen-bond donors (Lipinski definition) is 2. The highest BCUT2D eigenvalue weighted by molar-refractivity contribution is 6.10. The first kappa shape index (κ1) is 13.8. The lowest BCUT2D eigenvalue weighted by Crippen LogP contribution is -2.29. The summed E-state index contributed by atoms with van der Waals surface area (Å²) in [6, 6.07) is 6.62. The van der Waals surface area contributed by atoms with Crippen LogP contribution < -0.4 is 5.32 Å². The zero-order chi connectivity index (χ0) is 14.0. The van der Waals surface area contributed by atoms with Gasteiger partial charge < -0.3 is 10.3 Å². The number of aryl methyl sites for hydroxylation is 2. The molecule has 0 bridgehead atoms. The maximum absolute atomic E-state index is 12.4. The largest absolute Gasteiger partial charge is 0.358 e. The minimum absolute atomic E-state index is 0.158. The number of benzene rings is 1. The van der Waals surface area contributed by atoms with Crippen molar-refractivity contribution in [1.82, 2.24) is 10.3 Å². The second-order valence-corrected chi connectivity index (χ2v) is 5.32. The fourth-order valence-electron chi connectivity index (χ4n) is 2.34. The van der Waals surface area contributed by atoms with E-state index in [1.807, 2.05) is 20.8 Å². The Morgan fingerprint density at radius 3 is 2.74 bits per heavy atom. The fourth-order valence-corrected chi connectivity index (χ4v) is 2.34. The van der Waals surface area contributed by atoms with E-state index in [9.17, 15) is 4.79 Å². The Labute approximate surface area is 114 Å². The minimum Gasteiger partial charge on any atom is -0.358 e. The first-order valence-corrected chi connectivity index (χ1v) is 6.90. The summed E-state index contributed by atoms with van der Waals surface area (Å²) in [6.45, 7) is 8.58. The Hall–Kier alpha value is -1.61. The summed E-state index contributed by atoms with van der Waals surface area (Å²) in [5.74, 6) is 0.158. The molecule has 0 saturated carbocycles. The monoisotopic (exact) mass is 258 g/mol. The second kappa shape index (κ2) is 5.57. The number of nitrogens with one attached hydrogen (secondary N) is 2. The van der Waals surface area contributed by atoms with E-state index >= 15 is 0 Å². The zero-order valence-corrected chi connectivity index (χ0v) is 12.1. The Kier molecular flexibility index (Phi) is 4.05. The van der Waals surface area contributed by atoms with Gasteiger partial charge in [0.05, 0.1) is 6.54 Å². The van der Waals surface area contributed by atoms with Crippen LogP contribution >= 0.6 is 0 Å². The van der Waals surface area contributed by atoms with Gasteiger partial charge in [0.25, 0.3) is 0 Å². The van der Waals surface area contributed by atoms with Crippen molar-refractivity contribution in [2.45, 2.75) is 40.2 Å². The van der Waals surface area contributed by atoms with Gasteiger partial charge in [0.2, 0.25) is 0 Å². The van der Waals surface area contributed by atoms with Crippen LogP contribution in [0.2, 0.25) is 0 Å². The predicted octanol–water partition coefficient (Wildman–Crippen LogP) is 3.22. The molecular formula is C16H22N2O. The van der Waals surface area contributed by atoms with E-state index in [0.29, 0.717) is 12.6 Å². The Bertz CT molecular complexity index is 596. The molecule has 3 heteroatoms. The van der Waals surface area contributed by atoms with Gasteiger partial charge in [0.15, 0.2) is 5.78 Å². The first-order chi connectivity index (χ1) is 9.02. The summed E-state index contributed by atoms with van der Waals surface area (Å²) in [6.07, 6.45) is 0.984. The summed E-state index contributed by atoms with van der Waals surface area (Å²) in [5, 5.41) is 4.24. The van der Waals surface area contributed by atoms with Crippen molar-refractivity contribution in [1.29, 1.82) is 0 Å². The molecule has 2 aromatic rings. The van der Waals surface area contributed by atoms with E-state index in [4.69, 9.17) is 0 Å². The maximum atomic E-state index is 12.4. The third-order valence-electron chi connectivity index (χ3n) is 3.41. The maximum Gasteiger partial charge on any atom is 0.179 e. The van der Waals surface area contributed by atoms with Crippen molar-refractivity contribution in [2.75, 3.05) is 6.54 Å². The van der Waals surface area contributed by atoms with Crippen LogP contribution in [0.1, 0.15) is 42.4 Å². The van der Waals surface area contributed by atoms with Crippen molar-refractivity contribution < 1.29 is 4.79 Å². The third-order valence-corrected chi connectivity index (χ3v) is 3.41. The van der Waals surface area contributed by atoms with Gasteiger partial charge in [-0.2, -0.15) is 0 Å². The van der Waals surface area contributed by atoms with Crippen LogP contribution in [-0.4, -0.2) is 23.4 Å². The lowest BCUT2D eigenvalue weighted by molar-refractivity contribution is 0.0989. The number of H-pyrrole nitrogens is 1. The molecule has 0 atom stereocenters. The van der Waals surface area contributed by atoms with Crippen LogP contribution in [0, 0.1) is 6.92 Å². The number of carbonyl (C=O) groups is 1. The minimum atomic E-state index is 0.158. The van der Waals surface area contributed by atoms with E-state index in [1.54, 1.807) is 0 Å². The van der Waals surface area contributed by atoms with Gasteiger partial charge >= 0.3 is 0 Å². The van der Waals surface area contributed by atoms with E-state index in [1.165, 1.54) is 5.56 Å². The van der Waals surface area contributed by atoms with Gasteiger partial charge in [-0.05, 0) is 31.0 Å². The smallest absolute Gasteiger partial charge is 0.179 e. The van der Waals surface area contributed by atoms with Crippen molar-refractivity contribution in [2.24, 2.45) is 0 Å². The molecule has 0 fully saturated rings. The molecule has 0 spiro atoms. The molecule has 3 nitrogen and oxygen atoms in total. The SMILES string of the molecule is CCc1ccc2[nH]c(C)c(C(=O)CNC(C)C)c2c1. The highest BCUT2D eigenvalue weighted by atomic mass is 16.1. The first-order valence-electron chi connectivity index (χ1n) is 6.90. The summed E-state index contributed by atoms with van der Waals surface area (Å²) in [4.78, 5) is 15.7. The van der Waals surface area contributed by atoms with Crippen molar-refractivity contribution in [3.05, 3.63) is 35.0 Å². The predicted molar refractivity (Wildman–Crippen MR) is 79.9 cm³/mol.